The number of nitrogens with zero attached hydrogens (tertiary/aromatic N) is 1. The Morgan fingerprint density at radius 2 is 1.93 bits per heavy atom. The standard InChI is InChI=1S/C19H26N2O6S/c22-18(21-8-6-19(7-9-21)26-11-12-27-19)15-3-1-5-17(13-15)28(23,24)20-14-16-4-2-10-25-16/h1,3,5,13,16,20H,2,4,6-12,14H2. The van der Waals surface area contributed by atoms with E-state index in [0.29, 0.717) is 51.3 Å². The van der Waals surface area contributed by atoms with Gasteiger partial charge < -0.3 is 19.1 Å². The quantitative estimate of drug-likeness (QED) is 0.782. The average Bonchev–Trinajstić information content (AvgIpc) is 3.39. The topological polar surface area (TPSA) is 94.2 Å². The van der Waals surface area contributed by atoms with Crippen molar-refractivity contribution in [2.75, 3.05) is 39.5 Å². The van der Waals surface area contributed by atoms with Crippen LogP contribution in [-0.2, 0) is 24.2 Å². The smallest absolute Gasteiger partial charge is 0.253 e. The molecule has 0 aliphatic carbocycles. The van der Waals surface area contributed by atoms with Gasteiger partial charge in [0.25, 0.3) is 5.91 Å². The molecule has 1 N–H and O–H groups in total. The molecule has 1 aromatic rings. The number of hydrogen-bond acceptors (Lipinski definition) is 6. The number of amides is 1. The van der Waals surface area contributed by atoms with Gasteiger partial charge in [-0.25, -0.2) is 13.1 Å². The normalized spacial score (nSPS) is 24.7. The second-order valence-corrected chi connectivity index (χ2v) is 9.18. The van der Waals surface area contributed by atoms with Gasteiger partial charge in [-0.2, -0.15) is 0 Å². The van der Waals surface area contributed by atoms with Crippen molar-refractivity contribution in [2.45, 2.75) is 42.5 Å². The lowest BCUT2D eigenvalue weighted by atomic mass is 10.0. The van der Waals surface area contributed by atoms with Gasteiger partial charge in [0.1, 0.15) is 0 Å². The molecule has 0 saturated carbocycles. The van der Waals surface area contributed by atoms with Gasteiger partial charge in [0.15, 0.2) is 5.79 Å². The Kier molecular flexibility index (Phi) is 5.71. The molecule has 154 valence electrons. The summed E-state index contributed by atoms with van der Waals surface area (Å²) in [6, 6.07) is 6.18. The lowest BCUT2D eigenvalue weighted by molar-refractivity contribution is -0.181. The van der Waals surface area contributed by atoms with Crippen LogP contribution in [0.15, 0.2) is 29.2 Å². The second-order valence-electron chi connectivity index (χ2n) is 7.41. The lowest BCUT2D eigenvalue weighted by Crippen LogP contribution is -2.47. The first-order valence-electron chi connectivity index (χ1n) is 9.76. The molecule has 28 heavy (non-hydrogen) atoms. The predicted molar refractivity (Wildman–Crippen MR) is 100 cm³/mol. The molecule has 1 aromatic carbocycles. The number of nitrogens with one attached hydrogen (secondary N) is 1. The molecule has 1 spiro atoms. The van der Waals surface area contributed by atoms with Crippen molar-refractivity contribution in [3.05, 3.63) is 29.8 Å². The van der Waals surface area contributed by atoms with E-state index in [-0.39, 0.29) is 23.5 Å². The predicted octanol–water partition coefficient (Wildman–Crippen LogP) is 1.12. The third kappa shape index (κ3) is 4.23. The number of rotatable bonds is 5. The van der Waals surface area contributed by atoms with Crippen LogP contribution >= 0.6 is 0 Å². The van der Waals surface area contributed by atoms with E-state index in [9.17, 15) is 13.2 Å². The van der Waals surface area contributed by atoms with Crippen molar-refractivity contribution < 1.29 is 27.4 Å². The molecule has 8 nitrogen and oxygen atoms in total. The van der Waals surface area contributed by atoms with Crippen LogP contribution in [0.1, 0.15) is 36.0 Å². The maximum absolute atomic E-state index is 12.9. The Bertz CT molecular complexity index is 805. The molecular formula is C19H26N2O6S. The van der Waals surface area contributed by atoms with Crippen LogP contribution in [0.2, 0.25) is 0 Å². The number of likely N-dealkylation sites (tertiary alicyclic amines) is 1. The minimum Gasteiger partial charge on any atom is -0.377 e. The zero-order valence-corrected chi connectivity index (χ0v) is 16.6. The molecule has 3 aliphatic rings. The van der Waals surface area contributed by atoms with Crippen LogP contribution in [0.25, 0.3) is 0 Å². The summed E-state index contributed by atoms with van der Waals surface area (Å²) in [5.74, 6) is -0.724. The number of benzene rings is 1. The Morgan fingerprint density at radius 1 is 1.18 bits per heavy atom. The monoisotopic (exact) mass is 410 g/mol. The van der Waals surface area contributed by atoms with E-state index in [4.69, 9.17) is 14.2 Å². The average molecular weight is 410 g/mol. The maximum Gasteiger partial charge on any atom is 0.253 e. The molecule has 0 radical (unpaired) electrons. The Morgan fingerprint density at radius 3 is 2.61 bits per heavy atom. The van der Waals surface area contributed by atoms with Crippen LogP contribution < -0.4 is 4.72 Å². The number of sulfonamides is 1. The summed E-state index contributed by atoms with van der Waals surface area (Å²) in [5, 5.41) is 0. The van der Waals surface area contributed by atoms with Gasteiger partial charge in [0, 0.05) is 44.6 Å². The fourth-order valence-corrected chi connectivity index (χ4v) is 5.02. The SMILES string of the molecule is O=C(c1cccc(S(=O)(=O)NCC2CCCO2)c1)N1CCC2(CC1)OCCO2. The summed E-state index contributed by atoms with van der Waals surface area (Å²) >= 11 is 0. The van der Waals surface area contributed by atoms with Gasteiger partial charge >= 0.3 is 0 Å². The van der Waals surface area contributed by atoms with E-state index < -0.39 is 15.8 Å². The van der Waals surface area contributed by atoms with E-state index in [1.807, 2.05) is 0 Å². The molecule has 3 heterocycles. The molecule has 0 bridgehead atoms. The molecule has 4 rings (SSSR count). The molecular weight excluding hydrogens is 384 g/mol. The van der Waals surface area contributed by atoms with Gasteiger partial charge in [0.05, 0.1) is 24.2 Å². The molecule has 9 heteroatoms. The molecule has 0 aromatic heterocycles. The fraction of sp³-hybridized carbons (Fsp3) is 0.632. The van der Waals surface area contributed by atoms with Gasteiger partial charge in [-0.05, 0) is 31.0 Å². The molecule has 3 aliphatic heterocycles. The van der Waals surface area contributed by atoms with Crippen molar-refractivity contribution in [1.82, 2.24) is 9.62 Å². The van der Waals surface area contributed by atoms with E-state index in [2.05, 4.69) is 4.72 Å². The van der Waals surface area contributed by atoms with Crippen LogP contribution in [0.4, 0.5) is 0 Å². The van der Waals surface area contributed by atoms with Crippen molar-refractivity contribution in [3.8, 4) is 0 Å². The summed E-state index contributed by atoms with van der Waals surface area (Å²) in [6.45, 7) is 3.14. The number of hydrogen-bond donors (Lipinski definition) is 1. The van der Waals surface area contributed by atoms with Crippen molar-refractivity contribution in [1.29, 1.82) is 0 Å². The van der Waals surface area contributed by atoms with Crippen LogP contribution in [0, 0.1) is 0 Å². The summed E-state index contributed by atoms with van der Waals surface area (Å²) in [6.07, 6.45) is 2.97. The summed E-state index contributed by atoms with van der Waals surface area (Å²) < 4.78 is 44.6. The first-order valence-corrected chi connectivity index (χ1v) is 11.2. The van der Waals surface area contributed by atoms with Crippen molar-refractivity contribution in [2.24, 2.45) is 0 Å². The Balaban J connectivity index is 1.40. The van der Waals surface area contributed by atoms with E-state index in [1.54, 1.807) is 17.0 Å². The van der Waals surface area contributed by atoms with E-state index in [0.717, 1.165) is 12.8 Å². The third-order valence-corrected chi connectivity index (χ3v) is 6.96. The molecule has 1 unspecified atom stereocenters. The number of carbonyl (C=O) groups excluding carboxylic acids is 1. The lowest BCUT2D eigenvalue weighted by Gasteiger charge is -2.37. The van der Waals surface area contributed by atoms with Gasteiger partial charge in [-0.3, -0.25) is 4.79 Å². The van der Waals surface area contributed by atoms with Crippen LogP contribution in [0.3, 0.4) is 0 Å². The summed E-state index contributed by atoms with van der Waals surface area (Å²) in [5.41, 5.74) is 0.365. The molecule has 3 saturated heterocycles. The highest BCUT2D eigenvalue weighted by molar-refractivity contribution is 7.89. The highest BCUT2D eigenvalue weighted by Gasteiger charge is 2.40. The fourth-order valence-electron chi connectivity index (χ4n) is 3.91. The minimum absolute atomic E-state index is 0.0831. The largest absolute Gasteiger partial charge is 0.377 e. The van der Waals surface area contributed by atoms with E-state index >= 15 is 0 Å². The summed E-state index contributed by atoms with van der Waals surface area (Å²) in [4.78, 5) is 14.7. The highest BCUT2D eigenvalue weighted by atomic mass is 32.2. The van der Waals surface area contributed by atoms with Gasteiger partial charge in [0.2, 0.25) is 10.0 Å². The number of ether oxygens (including phenoxy) is 3. The zero-order chi connectivity index (χ0) is 19.6. The Labute approximate surface area is 165 Å². The zero-order valence-electron chi connectivity index (χ0n) is 15.8. The van der Waals surface area contributed by atoms with Crippen molar-refractivity contribution in [3.63, 3.8) is 0 Å². The first kappa shape index (κ1) is 19.8. The number of piperidine rings is 1. The van der Waals surface area contributed by atoms with Crippen LogP contribution in [-0.4, -0.2) is 70.6 Å². The highest BCUT2D eigenvalue weighted by Crippen LogP contribution is 2.31. The summed E-state index contributed by atoms with van der Waals surface area (Å²) in [7, 11) is -3.69. The minimum atomic E-state index is -3.69. The number of carbonyl (C=O) groups is 1. The second kappa shape index (κ2) is 8.08. The Hall–Kier alpha value is -1.52. The third-order valence-electron chi connectivity index (χ3n) is 5.54. The van der Waals surface area contributed by atoms with E-state index in [1.165, 1.54) is 12.1 Å². The van der Waals surface area contributed by atoms with Gasteiger partial charge in [-0.1, -0.05) is 6.07 Å². The maximum atomic E-state index is 12.9. The molecule has 3 fully saturated rings. The first-order chi connectivity index (χ1) is 13.5. The molecule has 1 atom stereocenters. The van der Waals surface area contributed by atoms with Crippen LogP contribution in [0.5, 0.6) is 0 Å². The van der Waals surface area contributed by atoms with Gasteiger partial charge in [-0.15, -0.1) is 0 Å². The molecule has 1 amide bonds. The van der Waals surface area contributed by atoms with Crippen molar-refractivity contribution >= 4 is 15.9 Å².